The summed E-state index contributed by atoms with van der Waals surface area (Å²) in [6.45, 7) is 0. The Bertz CT molecular complexity index is 2340. The molecule has 0 unspecified atom stereocenters. The molecule has 0 amide bonds. The predicted octanol–water partition coefficient (Wildman–Crippen LogP) is 12.2. The van der Waals surface area contributed by atoms with Gasteiger partial charge in [-0.3, -0.25) is 0 Å². The minimum absolute atomic E-state index is 0.416. The molecule has 0 heterocycles. The molecule has 0 saturated carbocycles. The summed E-state index contributed by atoms with van der Waals surface area (Å²) in [4.78, 5) is 0. The van der Waals surface area contributed by atoms with Crippen LogP contribution in [0.5, 0.6) is 0 Å². The van der Waals surface area contributed by atoms with Gasteiger partial charge in [0, 0.05) is 0 Å². The van der Waals surface area contributed by atoms with Crippen LogP contribution in [0.4, 0.5) is 0 Å². The fourth-order valence-electron chi connectivity index (χ4n) is 7.92. The van der Waals surface area contributed by atoms with E-state index in [1.807, 2.05) is 0 Å². The molecule has 0 atom stereocenters. The number of rotatable bonds is 5. The lowest BCUT2D eigenvalue weighted by molar-refractivity contribution is 0.769. The molecule has 0 spiro atoms. The van der Waals surface area contributed by atoms with Gasteiger partial charge in [0.15, 0.2) is 0 Å². The van der Waals surface area contributed by atoms with Crippen molar-refractivity contribution in [3.63, 3.8) is 0 Å². The molecule has 0 bridgehead atoms. The standard InChI is InChI=1S/C47H32/c1-4-16-34(17-5-1)46-40-24-11-10-15-33(40)27-29-41(46)37-19-14-18-35(31-37)36-28-30-43-42-25-12-13-26-44(42)47(45(43)32-36,38-20-6-2-7-21-38)39-22-8-3-9-23-39/h1-32H. The summed E-state index contributed by atoms with van der Waals surface area (Å²) in [6.07, 6.45) is 0. The molecule has 0 fully saturated rings. The van der Waals surface area contributed by atoms with E-state index in [-0.39, 0.29) is 0 Å². The molecule has 47 heavy (non-hydrogen) atoms. The zero-order valence-electron chi connectivity index (χ0n) is 26.0. The van der Waals surface area contributed by atoms with Crippen molar-refractivity contribution in [3.05, 3.63) is 216 Å². The van der Waals surface area contributed by atoms with Crippen molar-refractivity contribution in [2.45, 2.75) is 5.41 Å². The quantitative estimate of drug-likeness (QED) is 0.185. The monoisotopic (exact) mass is 596 g/mol. The van der Waals surface area contributed by atoms with Crippen LogP contribution in [0, 0.1) is 0 Å². The maximum Gasteiger partial charge on any atom is 0.0713 e. The molecule has 0 N–H and O–H groups in total. The zero-order valence-corrected chi connectivity index (χ0v) is 26.0. The Morgan fingerprint density at radius 1 is 0.298 bits per heavy atom. The largest absolute Gasteiger partial charge is 0.0713 e. The van der Waals surface area contributed by atoms with Crippen LogP contribution in [0.1, 0.15) is 22.3 Å². The Balaban J connectivity index is 1.26. The molecule has 0 aliphatic heterocycles. The maximum atomic E-state index is 2.45. The summed E-state index contributed by atoms with van der Waals surface area (Å²) < 4.78 is 0. The molecule has 0 heteroatoms. The van der Waals surface area contributed by atoms with Gasteiger partial charge in [-0.25, -0.2) is 0 Å². The van der Waals surface area contributed by atoms with Crippen molar-refractivity contribution in [1.29, 1.82) is 0 Å². The molecule has 8 aromatic carbocycles. The second kappa shape index (κ2) is 11.1. The topological polar surface area (TPSA) is 0 Å². The van der Waals surface area contributed by atoms with Crippen LogP contribution < -0.4 is 0 Å². The number of benzene rings is 8. The van der Waals surface area contributed by atoms with Gasteiger partial charge < -0.3 is 0 Å². The smallest absolute Gasteiger partial charge is 0.0622 e. The van der Waals surface area contributed by atoms with Gasteiger partial charge in [0.1, 0.15) is 0 Å². The van der Waals surface area contributed by atoms with Crippen LogP contribution in [-0.2, 0) is 5.41 Å². The van der Waals surface area contributed by atoms with E-state index in [0.717, 1.165) is 0 Å². The number of fused-ring (bicyclic) bond motifs is 4. The number of hydrogen-bond donors (Lipinski definition) is 0. The van der Waals surface area contributed by atoms with Gasteiger partial charge in [0.05, 0.1) is 5.41 Å². The van der Waals surface area contributed by atoms with Gasteiger partial charge >= 0.3 is 0 Å². The lowest BCUT2D eigenvalue weighted by Crippen LogP contribution is -2.28. The van der Waals surface area contributed by atoms with Crippen molar-refractivity contribution in [2.24, 2.45) is 0 Å². The lowest BCUT2D eigenvalue weighted by atomic mass is 9.67. The molecule has 0 nitrogen and oxygen atoms in total. The molecular formula is C47H32. The van der Waals surface area contributed by atoms with Gasteiger partial charge in [-0.15, -0.1) is 0 Å². The highest BCUT2D eigenvalue weighted by molar-refractivity contribution is 6.04. The molecule has 0 saturated heterocycles. The highest BCUT2D eigenvalue weighted by Crippen LogP contribution is 2.56. The van der Waals surface area contributed by atoms with E-state index in [2.05, 4.69) is 194 Å². The first-order valence-electron chi connectivity index (χ1n) is 16.4. The highest BCUT2D eigenvalue weighted by atomic mass is 14.5. The van der Waals surface area contributed by atoms with E-state index >= 15 is 0 Å². The molecule has 0 aromatic heterocycles. The van der Waals surface area contributed by atoms with Gasteiger partial charge in [0.25, 0.3) is 0 Å². The van der Waals surface area contributed by atoms with Crippen LogP contribution in [0.3, 0.4) is 0 Å². The summed E-state index contributed by atoms with van der Waals surface area (Å²) in [5.41, 5.74) is 14.8. The van der Waals surface area contributed by atoms with E-state index in [4.69, 9.17) is 0 Å². The summed E-state index contributed by atoms with van der Waals surface area (Å²) in [7, 11) is 0. The lowest BCUT2D eigenvalue weighted by Gasteiger charge is -2.34. The third-order valence-electron chi connectivity index (χ3n) is 9.96. The van der Waals surface area contributed by atoms with E-state index < -0.39 is 5.41 Å². The summed E-state index contributed by atoms with van der Waals surface area (Å²) in [6, 6.07) is 71.2. The minimum atomic E-state index is -0.416. The van der Waals surface area contributed by atoms with Gasteiger partial charge in [-0.05, 0) is 89.7 Å². The Kier molecular flexibility index (Phi) is 6.47. The van der Waals surface area contributed by atoms with Gasteiger partial charge in [0.2, 0.25) is 0 Å². The Morgan fingerprint density at radius 3 is 1.62 bits per heavy atom. The minimum Gasteiger partial charge on any atom is -0.0622 e. The first-order valence-corrected chi connectivity index (χ1v) is 16.4. The summed E-state index contributed by atoms with van der Waals surface area (Å²) in [5.74, 6) is 0. The van der Waals surface area contributed by atoms with Crippen LogP contribution in [-0.4, -0.2) is 0 Å². The molecule has 0 radical (unpaired) electrons. The van der Waals surface area contributed by atoms with E-state index in [1.165, 1.54) is 77.5 Å². The maximum absolute atomic E-state index is 2.45. The summed E-state index contributed by atoms with van der Waals surface area (Å²) >= 11 is 0. The molecule has 1 aliphatic rings. The second-order valence-electron chi connectivity index (χ2n) is 12.4. The third-order valence-corrected chi connectivity index (χ3v) is 9.96. The van der Waals surface area contributed by atoms with E-state index in [0.29, 0.717) is 0 Å². The Hall–Kier alpha value is -5.98. The zero-order chi connectivity index (χ0) is 31.2. The molecule has 1 aliphatic carbocycles. The van der Waals surface area contributed by atoms with Crippen molar-refractivity contribution < 1.29 is 0 Å². The van der Waals surface area contributed by atoms with E-state index in [9.17, 15) is 0 Å². The average Bonchev–Trinajstić information content (AvgIpc) is 3.46. The van der Waals surface area contributed by atoms with Crippen molar-refractivity contribution in [3.8, 4) is 44.5 Å². The molecule has 9 rings (SSSR count). The number of hydrogen-bond acceptors (Lipinski definition) is 0. The Morgan fingerprint density at radius 2 is 0.851 bits per heavy atom. The molecule has 8 aromatic rings. The fourth-order valence-corrected chi connectivity index (χ4v) is 7.92. The van der Waals surface area contributed by atoms with Crippen LogP contribution >= 0.6 is 0 Å². The highest BCUT2D eigenvalue weighted by Gasteiger charge is 2.46. The second-order valence-corrected chi connectivity index (χ2v) is 12.4. The van der Waals surface area contributed by atoms with Crippen LogP contribution in [0.2, 0.25) is 0 Å². The molecule has 220 valence electrons. The predicted molar refractivity (Wildman–Crippen MR) is 198 cm³/mol. The first-order chi connectivity index (χ1) is 23.3. The normalized spacial score (nSPS) is 12.9. The van der Waals surface area contributed by atoms with Crippen LogP contribution in [0.15, 0.2) is 194 Å². The fraction of sp³-hybridized carbons (Fsp3) is 0.0213. The van der Waals surface area contributed by atoms with Crippen molar-refractivity contribution >= 4 is 10.8 Å². The van der Waals surface area contributed by atoms with E-state index in [1.54, 1.807) is 0 Å². The molecular weight excluding hydrogens is 565 g/mol. The first kappa shape index (κ1) is 27.3. The third kappa shape index (κ3) is 4.30. The Labute approximate surface area is 276 Å². The van der Waals surface area contributed by atoms with Gasteiger partial charge in [-0.1, -0.05) is 182 Å². The van der Waals surface area contributed by atoms with Crippen molar-refractivity contribution in [1.82, 2.24) is 0 Å². The SMILES string of the molecule is c1ccc(-c2c(-c3cccc(-c4ccc5c(c4)C(c4ccccc4)(c4ccccc4)c4ccccc4-5)c3)ccc3ccccc23)cc1. The van der Waals surface area contributed by atoms with Crippen LogP contribution in [0.25, 0.3) is 55.3 Å². The summed E-state index contributed by atoms with van der Waals surface area (Å²) in [5, 5.41) is 2.52. The van der Waals surface area contributed by atoms with Gasteiger partial charge in [-0.2, -0.15) is 0 Å². The van der Waals surface area contributed by atoms with Crippen molar-refractivity contribution in [2.75, 3.05) is 0 Å². The average molecular weight is 597 g/mol.